The topological polar surface area (TPSA) is 76.1 Å². The van der Waals surface area contributed by atoms with Gasteiger partial charge in [0.1, 0.15) is 17.3 Å². The SMILES string of the molecule is CC(OC(=O)CN1C(=S)[C@@H](C(C)C)Oc2c(C(C)C)cccc21)C(=O)O. The van der Waals surface area contributed by atoms with Crippen molar-refractivity contribution in [2.45, 2.75) is 52.7 Å². The van der Waals surface area contributed by atoms with Crippen molar-refractivity contribution in [3.05, 3.63) is 23.8 Å². The molecule has 0 radical (unpaired) electrons. The molecule has 7 heteroatoms. The monoisotopic (exact) mass is 379 g/mol. The molecule has 0 bridgehead atoms. The molecule has 1 heterocycles. The van der Waals surface area contributed by atoms with Crippen molar-refractivity contribution < 1.29 is 24.2 Å². The van der Waals surface area contributed by atoms with E-state index in [1.807, 2.05) is 32.0 Å². The molecule has 1 aliphatic heterocycles. The second-order valence-corrected chi connectivity index (χ2v) is 7.45. The van der Waals surface area contributed by atoms with Gasteiger partial charge in [0.2, 0.25) is 0 Å². The Hall–Kier alpha value is -2.15. The highest BCUT2D eigenvalue weighted by atomic mass is 32.1. The van der Waals surface area contributed by atoms with E-state index < -0.39 is 18.0 Å². The van der Waals surface area contributed by atoms with Crippen LogP contribution in [0.5, 0.6) is 5.75 Å². The fourth-order valence-corrected chi connectivity index (χ4v) is 3.27. The van der Waals surface area contributed by atoms with Gasteiger partial charge < -0.3 is 19.5 Å². The second kappa shape index (κ2) is 8.03. The molecule has 6 nitrogen and oxygen atoms in total. The van der Waals surface area contributed by atoms with E-state index in [2.05, 4.69) is 13.8 Å². The van der Waals surface area contributed by atoms with E-state index in [4.69, 9.17) is 26.8 Å². The largest absolute Gasteiger partial charge is 0.481 e. The Morgan fingerprint density at radius 1 is 1.27 bits per heavy atom. The minimum Gasteiger partial charge on any atom is -0.481 e. The number of thiocarbonyl (C=S) groups is 1. The molecule has 1 aliphatic rings. The van der Waals surface area contributed by atoms with Gasteiger partial charge in [-0.25, -0.2) is 4.79 Å². The summed E-state index contributed by atoms with van der Waals surface area (Å²) in [4.78, 5) is 25.4. The number of esters is 1. The minimum absolute atomic E-state index is 0.118. The fraction of sp³-hybridized carbons (Fsp3) is 0.526. The van der Waals surface area contributed by atoms with Crippen molar-refractivity contribution in [3.63, 3.8) is 0 Å². The number of carboxylic acid groups (broad SMARTS) is 1. The summed E-state index contributed by atoms with van der Waals surface area (Å²) in [6.45, 7) is 9.32. The lowest BCUT2D eigenvalue weighted by Gasteiger charge is -2.39. The summed E-state index contributed by atoms with van der Waals surface area (Å²) in [5, 5.41) is 8.92. The molecular formula is C19H25NO5S. The van der Waals surface area contributed by atoms with E-state index in [1.165, 1.54) is 6.92 Å². The van der Waals surface area contributed by atoms with Crippen LogP contribution >= 0.6 is 12.2 Å². The van der Waals surface area contributed by atoms with Crippen molar-refractivity contribution in [1.29, 1.82) is 0 Å². The van der Waals surface area contributed by atoms with Crippen LogP contribution in [0.4, 0.5) is 5.69 Å². The lowest BCUT2D eigenvalue weighted by molar-refractivity contribution is -0.161. The molecule has 1 aromatic rings. The molecule has 1 aromatic carbocycles. The van der Waals surface area contributed by atoms with Gasteiger partial charge in [-0.05, 0) is 30.4 Å². The highest BCUT2D eigenvalue weighted by Gasteiger charge is 2.36. The summed E-state index contributed by atoms with van der Waals surface area (Å²) < 4.78 is 11.2. The highest BCUT2D eigenvalue weighted by Crippen LogP contribution is 2.41. The van der Waals surface area contributed by atoms with Gasteiger partial charge in [0.15, 0.2) is 12.2 Å². The van der Waals surface area contributed by atoms with Crippen LogP contribution in [0.2, 0.25) is 0 Å². The van der Waals surface area contributed by atoms with Gasteiger partial charge in [-0.1, -0.05) is 52.0 Å². The summed E-state index contributed by atoms with van der Waals surface area (Å²) >= 11 is 5.57. The van der Waals surface area contributed by atoms with E-state index in [0.717, 1.165) is 5.56 Å². The average Bonchev–Trinajstić information content (AvgIpc) is 2.55. The summed E-state index contributed by atoms with van der Waals surface area (Å²) in [5.41, 5.74) is 1.74. The average molecular weight is 379 g/mol. The Morgan fingerprint density at radius 3 is 2.46 bits per heavy atom. The summed E-state index contributed by atoms with van der Waals surface area (Å²) in [6, 6.07) is 5.74. The van der Waals surface area contributed by atoms with Gasteiger partial charge in [-0.2, -0.15) is 0 Å². The number of hydrogen-bond donors (Lipinski definition) is 1. The van der Waals surface area contributed by atoms with Crippen molar-refractivity contribution >= 4 is 34.8 Å². The molecule has 0 spiro atoms. The first-order chi connectivity index (χ1) is 12.1. The number of benzene rings is 1. The van der Waals surface area contributed by atoms with Gasteiger partial charge in [0.05, 0.1) is 5.69 Å². The molecule has 142 valence electrons. The van der Waals surface area contributed by atoms with E-state index in [1.54, 1.807) is 4.90 Å². The number of rotatable bonds is 6. The van der Waals surface area contributed by atoms with Crippen LogP contribution in [0.3, 0.4) is 0 Å². The Morgan fingerprint density at radius 2 is 1.92 bits per heavy atom. The molecule has 0 aromatic heterocycles. The van der Waals surface area contributed by atoms with Gasteiger partial charge in [0.25, 0.3) is 0 Å². The third-order valence-corrected chi connectivity index (χ3v) is 4.69. The molecule has 0 saturated carbocycles. The number of para-hydroxylation sites is 1. The number of aliphatic carboxylic acids is 1. The Bertz CT molecular complexity index is 716. The van der Waals surface area contributed by atoms with Crippen LogP contribution in [0.1, 0.15) is 46.1 Å². The predicted molar refractivity (Wildman–Crippen MR) is 103 cm³/mol. The Labute approximate surface area is 159 Å². The number of carbonyl (C=O) groups is 2. The number of nitrogens with zero attached hydrogens (tertiary/aromatic N) is 1. The summed E-state index contributed by atoms with van der Waals surface area (Å²) in [5.74, 6) is -0.760. The molecular weight excluding hydrogens is 354 g/mol. The maximum Gasteiger partial charge on any atom is 0.344 e. The lowest BCUT2D eigenvalue weighted by Crippen LogP contribution is -2.49. The van der Waals surface area contributed by atoms with Gasteiger partial charge in [-0.3, -0.25) is 4.79 Å². The van der Waals surface area contributed by atoms with E-state index in [9.17, 15) is 9.59 Å². The molecule has 0 fully saturated rings. The second-order valence-electron chi connectivity index (χ2n) is 7.03. The highest BCUT2D eigenvalue weighted by molar-refractivity contribution is 7.80. The minimum atomic E-state index is -1.21. The first-order valence-electron chi connectivity index (χ1n) is 8.66. The van der Waals surface area contributed by atoms with Crippen molar-refractivity contribution in [2.75, 3.05) is 11.4 Å². The third-order valence-electron chi connectivity index (χ3n) is 4.24. The molecule has 0 amide bonds. The van der Waals surface area contributed by atoms with Gasteiger partial charge >= 0.3 is 11.9 Å². The maximum absolute atomic E-state index is 12.2. The summed E-state index contributed by atoms with van der Waals surface area (Å²) in [7, 11) is 0. The summed E-state index contributed by atoms with van der Waals surface area (Å²) in [6.07, 6.45) is -1.55. The standard InChI is InChI=1S/C19H25NO5S/c1-10(2)13-7-6-8-14-17(13)25-16(11(3)4)18(26)20(14)9-15(21)24-12(5)19(22)23/h6-8,10-12,16H,9H2,1-5H3,(H,22,23)/t12?,16-/m1/s1. The van der Waals surface area contributed by atoms with Crippen LogP contribution in [-0.2, 0) is 14.3 Å². The van der Waals surface area contributed by atoms with E-state index in [0.29, 0.717) is 16.4 Å². The molecule has 1 unspecified atom stereocenters. The van der Waals surface area contributed by atoms with Crippen LogP contribution < -0.4 is 9.64 Å². The Balaban J connectivity index is 2.38. The number of anilines is 1. The molecule has 2 atom stereocenters. The zero-order valence-corrected chi connectivity index (χ0v) is 16.5. The number of carboxylic acids is 1. The molecule has 26 heavy (non-hydrogen) atoms. The maximum atomic E-state index is 12.2. The van der Waals surface area contributed by atoms with Crippen molar-refractivity contribution in [3.8, 4) is 5.75 Å². The lowest BCUT2D eigenvalue weighted by atomic mass is 9.97. The van der Waals surface area contributed by atoms with Gasteiger partial charge in [0, 0.05) is 0 Å². The molecule has 2 rings (SSSR count). The predicted octanol–water partition coefficient (Wildman–Crippen LogP) is 3.38. The van der Waals surface area contributed by atoms with Crippen molar-refractivity contribution in [2.24, 2.45) is 5.92 Å². The first-order valence-corrected chi connectivity index (χ1v) is 9.07. The number of ether oxygens (including phenoxy) is 2. The zero-order valence-electron chi connectivity index (χ0n) is 15.7. The van der Waals surface area contributed by atoms with Crippen LogP contribution in [0.15, 0.2) is 18.2 Å². The smallest absolute Gasteiger partial charge is 0.344 e. The van der Waals surface area contributed by atoms with Gasteiger partial charge in [-0.15, -0.1) is 0 Å². The third kappa shape index (κ3) is 4.15. The van der Waals surface area contributed by atoms with E-state index >= 15 is 0 Å². The first kappa shape index (κ1) is 20.2. The van der Waals surface area contributed by atoms with E-state index in [-0.39, 0.29) is 24.5 Å². The number of fused-ring (bicyclic) bond motifs is 1. The quantitative estimate of drug-likeness (QED) is 0.600. The van der Waals surface area contributed by atoms with Crippen LogP contribution in [0.25, 0.3) is 0 Å². The normalized spacial score (nSPS) is 17.7. The van der Waals surface area contributed by atoms with Crippen LogP contribution in [-0.4, -0.2) is 40.8 Å². The Kier molecular flexibility index (Phi) is 6.23. The molecule has 0 saturated heterocycles. The molecule has 0 aliphatic carbocycles. The zero-order chi connectivity index (χ0) is 19.6. The number of hydrogen-bond acceptors (Lipinski definition) is 5. The van der Waals surface area contributed by atoms with Crippen LogP contribution in [0, 0.1) is 5.92 Å². The fourth-order valence-electron chi connectivity index (χ4n) is 2.79. The molecule has 1 N–H and O–H groups in total. The van der Waals surface area contributed by atoms with Crippen molar-refractivity contribution in [1.82, 2.24) is 0 Å². The number of carbonyl (C=O) groups excluding carboxylic acids is 1.